The molecule has 1 saturated carbocycles. The first kappa shape index (κ1) is 13.9. The van der Waals surface area contributed by atoms with E-state index < -0.39 is 0 Å². The van der Waals surface area contributed by atoms with Gasteiger partial charge < -0.3 is 4.90 Å². The first-order chi connectivity index (χ1) is 9.02. The summed E-state index contributed by atoms with van der Waals surface area (Å²) in [4.78, 5) is 5.51. The topological polar surface area (TPSA) is 6.48 Å². The highest BCUT2D eigenvalue weighted by Crippen LogP contribution is 2.35. The summed E-state index contributed by atoms with van der Waals surface area (Å²) < 4.78 is 0. The van der Waals surface area contributed by atoms with Gasteiger partial charge in [0.05, 0.1) is 0 Å². The second-order valence-electron chi connectivity index (χ2n) is 8.32. The Balaban J connectivity index is 1.48. The van der Waals surface area contributed by atoms with Gasteiger partial charge in [-0.1, -0.05) is 19.3 Å². The Morgan fingerprint density at radius 2 is 1.42 bits per heavy atom. The van der Waals surface area contributed by atoms with Crippen molar-refractivity contribution in [3.8, 4) is 0 Å². The van der Waals surface area contributed by atoms with Crippen LogP contribution in [0.15, 0.2) is 0 Å². The molecule has 1 aliphatic carbocycles. The quantitative estimate of drug-likeness (QED) is 0.755. The fourth-order valence-corrected chi connectivity index (χ4v) is 4.52. The van der Waals surface area contributed by atoms with Crippen molar-refractivity contribution < 1.29 is 0 Å². The van der Waals surface area contributed by atoms with Crippen molar-refractivity contribution in [3.05, 3.63) is 0 Å². The van der Waals surface area contributed by atoms with E-state index in [9.17, 15) is 0 Å². The number of hydrogen-bond donors (Lipinski definition) is 0. The average Bonchev–Trinajstić information content (AvgIpc) is 2.87. The molecular formula is C17H32N2. The minimum Gasteiger partial charge on any atom is -0.302 e. The Morgan fingerprint density at radius 1 is 0.842 bits per heavy atom. The third-order valence-corrected chi connectivity index (χ3v) is 5.75. The number of fused-ring (bicyclic) bond motifs is 1. The fraction of sp³-hybridized carbons (Fsp3) is 1.00. The lowest BCUT2D eigenvalue weighted by Crippen LogP contribution is -2.42. The van der Waals surface area contributed by atoms with E-state index in [-0.39, 0.29) is 0 Å². The lowest BCUT2D eigenvalue weighted by atomic mass is 9.89. The van der Waals surface area contributed by atoms with Crippen LogP contribution in [0.5, 0.6) is 0 Å². The van der Waals surface area contributed by atoms with Crippen LogP contribution in [0.1, 0.15) is 52.9 Å². The van der Waals surface area contributed by atoms with Crippen molar-refractivity contribution in [1.82, 2.24) is 9.80 Å². The first-order valence-electron chi connectivity index (χ1n) is 8.50. The molecule has 2 heteroatoms. The maximum Gasteiger partial charge on any atom is 0.0125 e. The Kier molecular flexibility index (Phi) is 3.92. The summed E-state index contributed by atoms with van der Waals surface area (Å²) in [7, 11) is 0. The second-order valence-corrected chi connectivity index (χ2v) is 8.32. The van der Waals surface area contributed by atoms with E-state index in [1.165, 1.54) is 64.8 Å². The predicted molar refractivity (Wildman–Crippen MR) is 81.3 cm³/mol. The molecule has 110 valence electrons. The molecule has 2 saturated heterocycles. The van der Waals surface area contributed by atoms with Crippen LogP contribution < -0.4 is 0 Å². The van der Waals surface area contributed by atoms with Crippen molar-refractivity contribution in [2.75, 3.05) is 32.7 Å². The molecule has 3 rings (SSSR count). The molecule has 0 aromatic carbocycles. The summed E-state index contributed by atoms with van der Waals surface area (Å²) in [6.07, 6.45) is 7.47. The lowest BCUT2D eigenvalue weighted by Gasteiger charge is -2.33. The number of likely N-dealkylation sites (tertiary alicyclic amines) is 2. The van der Waals surface area contributed by atoms with E-state index in [0.717, 1.165) is 17.8 Å². The van der Waals surface area contributed by atoms with Crippen LogP contribution in [0.4, 0.5) is 0 Å². The van der Waals surface area contributed by atoms with E-state index in [0.29, 0.717) is 5.54 Å². The van der Waals surface area contributed by atoms with Gasteiger partial charge in [0, 0.05) is 38.3 Å². The second kappa shape index (κ2) is 5.37. The lowest BCUT2D eigenvalue weighted by molar-refractivity contribution is 0.143. The van der Waals surface area contributed by atoms with E-state index in [4.69, 9.17) is 0 Å². The van der Waals surface area contributed by atoms with Gasteiger partial charge in [-0.05, 0) is 51.4 Å². The van der Waals surface area contributed by atoms with Crippen LogP contribution >= 0.6 is 0 Å². The minimum absolute atomic E-state index is 0.374. The molecule has 2 aliphatic heterocycles. The molecule has 0 aromatic heterocycles. The molecular weight excluding hydrogens is 232 g/mol. The van der Waals surface area contributed by atoms with E-state index in [2.05, 4.69) is 30.6 Å². The number of hydrogen-bond acceptors (Lipinski definition) is 2. The number of nitrogens with zero attached hydrogens (tertiary/aromatic N) is 2. The Hall–Kier alpha value is -0.0800. The number of rotatable bonds is 2. The monoisotopic (exact) mass is 264 g/mol. The standard InChI is InChI=1S/C17H32N2/c1-17(2,3)19-12-15-10-18(11-16(15)13-19)9-14-7-5-4-6-8-14/h14-16H,4-13H2,1-3H3/t15-,16+. The minimum atomic E-state index is 0.374. The molecule has 2 heterocycles. The first-order valence-corrected chi connectivity index (χ1v) is 8.50. The molecule has 2 atom stereocenters. The van der Waals surface area contributed by atoms with Gasteiger partial charge in [0.15, 0.2) is 0 Å². The summed E-state index contributed by atoms with van der Waals surface area (Å²) in [5.41, 5.74) is 0.374. The molecule has 19 heavy (non-hydrogen) atoms. The van der Waals surface area contributed by atoms with E-state index in [1.54, 1.807) is 0 Å². The van der Waals surface area contributed by atoms with Gasteiger partial charge in [0.25, 0.3) is 0 Å². The molecule has 0 bridgehead atoms. The molecule has 0 unspecified atom stereocenters. The predicted octanol–water partition coefficient (Wildman–Crippen LogP) is 3.23. The van der Waals surface area contributed by atoms with Gasteiger partial charge in [0.1, 0.15) is 0 Å². The van der Waals surface area contributed by atoms with Gasteiger partial charge in [0.2, 0.25) is 0 Å². The molecule has 2 nitrogen and oxygen atoms in total. The van der Waals surface area contributed by atoms with Gasteiger partial charge in [-0.15, -0.1) is 0 Å². The van der Waals surface area contributed by atoms with Crippen LogP contribution in [0.2, 0.25) is 0 Å². The zero-order valence-corrected chi connectivity index (χ0v) is 13.2. The highest BCUT2D eigenvalue weighted by Gasteiger charge is 2.43. The highest BCUT2D eigenvalue weighted by atomic mass is 15.3. The Morgan fingerprint density at radius 3 is 1.95 bits per heavy atom. The molecule has 0 aromatic rings. The fourth-order valence-electron chi connectivity index (χ4n) is 4.52. The van der Waals surface area contributed by atoms with Crippen molar-refractivity contribution in [3.63, 3.8) is 0 Å². The molecule has 3 aliphatic rings. The van der Waals surface area contributed by atoms with Crippen LogP contribution in [-0.4, -0.2) is 48.1 Å². The summed E-state index contributed by atoms with van der Waals surface area (Å²) in [6, 6.07) is 0. The third-order valence-electron chi connectivity index (χ3n) is 5.75. The summed E-state index contributed by atoms with van der Waals surface area (Å²) in [5, 5.41) is 0. The van der Waals surface area contributed by atoms with Crippen LogP contribution in [0, 0.1) is 17.8 Å². The van der Waals surface area contributed by atoms with Crippen molar-refractivity contribution >= 4 is 0 Å². The summed E-state index contributed by atoms with van der Waals surface area (Å²) in [6.45, 7) is 14.0. The van der Waals surface area contributed by atoms with Crippen LogP contribution in [0.25, 0.3) is 0 Å². The van der Waals surface area contributed by atoms with Gasteiger partial charge >= 0.3 is 0 Å². The average molecular weight is 264 g/mol. The summed E-state index contributed by atoms with van der Waals surface area (Å²) in [5.74, 6) is 2.94. The van der Waals surface area contributed by atoms with Crippen molar-refractivity contribution in [2.24, 2.45) is 17.8 Å². The largest absolute Gasteiger partial charge is 0.302 e. The maximum atomic E-state index is 2.80. The van der Waals surface area contributed by atoms with Crippen molar-refractivity contribution in [1.29, 1.82) is 0 Å². The molecule has 0 amide bonds. The molecule has 0 N–H and O–H groups in total. The molecule has 0 radical (unpaired) electrons. The van der Waals surface area contributed by atoms with Gasteiger partial charge in [-0.3, -0.25) is 4.90 Å². The van der Waals surface area contributed by atoms with E-state index in [1.807, 2.05) is 0 Å². The highest BCUT2D eigenvalue weighted by molar-refractivity contribution is 4.96. The zero-order valence-electron chi connectivity index (χ0n) is 13.2. The summed E-state index contributed by atoms with van der Waals surface area (Å²) >= 11 is 0. The van der Waals surface area contributed by atoms with Crippen molar-refractivity contribution in [2.45, 2.75) is 58.4 Å². The zero-order chi connectivity index (χ0) is 13.5. The Labute approximate surface area is 119 Å². The third kappa shape index (κ3) is 3.16. The molecule has 3 fully saturated rings. The smallest absolute Gasteiger partial charge is 0.0125 e. The normalized spacial score (nSPS) is 34.9. The maximum absolute atomic E-state index is 2.80. The van der Waals surface area contributed by atoms with Gasteiger partial charge in [-0.2, -0.15) is 0 Å². The SMILES string of the molecule is CC(C)(C)N1C[C@H]2CN(CC3CCCCC3)C[C@H]2C1. The Bertz CT molecular complexity index is 287. The van der Waals surface area contributed by atoms with Crippen LogP contribution in [-0.2, 0) is 0 Å². The van der Waals surface area contributed by atoms with Gasteiger partial charge in [-0.25, -0.2) is 0 Å². The van der Waals surface area contributed by atoms with Crippen LogP contribution in [0.3, 0.4) is 0 Å². The molecule has 0 spiro atoms. The van der Waals surface area contributed by atoms with E-state index >= 15 is 0 Å².